The number of hydrogen-bond donors (Lipinski definition) is 2. The molecule has 2 N–H and O–H groups in total. The van der Waals surface area contributed by atoms with Crippen molar-refractivity contribution in [1.82, 2.24) is 0 Å². The number of aryl methyl sites for hydroxylation is 2. The highest BCUT2D eigenvalue weighted by atomic mass is 79.9. The van der Waals surface area contributed by atoms with Crippen LogP contribution in [0.3, 0.4) is 0 Å². The molecule has 0 saturated heterocycles. The fraction of sp³-hybridized carbons (Fsp3) is 0.188. The van der Waals surface area contributed by atoms with Crippen molar-refractivity contribution in [2.75, 3.05) is 17.2 Å². The lowest BCUT2D eigenvalue weighted by Crippen LogP contribution is -2.22. The van der Waals surface area contributed by atoms with Gasteiger partial charge in [-0.3, -0.25) is 4.79 Å². The predicted molar refractivity (Wildman–Crippen MR) is 87.1 cm³/mol. The zero-order valence-corrected chi connectivity index (χ0v) is 13.4. The fourth-order valence-corrected chi connectivity index (χ4v) is 2.78. The SMILES string of the molecule is Cc1cc(Br)cc(C)c1NCC(=O)Nc1ccc(F)cc1. The zero-order valence-electron chi connectivity index (χ0n) is 11.8. The van der Waals surface area contributed by atoms with E-state index in [2.05, 4.69) is 26.6 Å². The smallest absolute Gasteiger partial charge is 0.243 e. The van der Waals surface area contributed by atoms with E-state index in [1.54, 1.807) is 0 Å². The van der Waals surface area contributed by atoms with Crippen LogP contribution >= 0.6 is 15.9 Å². The molecule has 1 amide bonds. The van der Waals surface area contributed by atoms with E-state index < -0.39 is 0 Å². The maximum absolute atomic E-state index is 12.8. The second-order valence-electron chi connectivity index (χ2n) is 4.82. The van der Waals surface area contributed by atoms with Crippen LogP contribution < -0.4 is 10.6 Å². The average molecular weight is 351 g/mol. The molecule has 0 saturated carbocycles. The molecular weight excluding hydrogens is 335 g/mol. The lowest BCUT2D eigenvalue weighted by atomic mass is 10.1. The van der Waals surface area contributed by atoms with E-state index in [1.807, 2.05) is 26.0 Å². The van der Waals surface area contributed by atoms with Gasteiger partial charge in [-0.1, -0.05) is 15.9 Å². The van der Waals surface area contributed by atoms with Crippen LogP contribution in [-0.4, -0.2) is 12.5 Å². The number of amides is 1. The molecule has 0 aliphatic heterocycles. The number of anilines is 2. The Balaban J connectivity index is 1.97. The van der Waals surface area contributed by atoms with Crippen molar-refractivity contribution >= 4 is 33.2 Å². The van der Waals surface area contributed by atoms with Crippen molar-refractivity contribution in [3.63, 3.8) is 0 Å². The van der Waals surface area contributed by atoms with Crippen LogP contribution in [0.25, 0.3) is 0 Å². The van der Waals surface area contributed by atoms with Crippen molar-refractivity contribution in [3.05, 3.63) is 57.8 Å². The molecule has 3 nitrogen and oxygen atoms in total. The molecule has 0 bridgehead atoms. The summed E-state index contributed by atoms with van der Waals surface area (Å²) in [5.41, 5.74) is 3.66. The van der Waals surface area contributed by atoms with Gasteiger partial charge in [0.1, 0.15) is 5.82 Å². The summed E-state index contributed by atoms with van der Waals surface area (Å²) in [6.07, 6.45) is 0. The number of rotatable bonds is 4. The first kappa shape index (κ1) is 15.5. The van der Waals surface area contributed by atoms with Gasteiger partial charge in [-0.05, 0) is 61.4 Å². The highest BCUT2D eigenvalue weighted by molar-refractivity contribution is 9.10. The molecule has 21 heavy (non-hydrogen) atoms. The van der Waals surface area contributed by atoms with E-state index in [-0.39, 0.29) is 18.3 Å². The van der Waals surface area contributed by atoms with Crippen molar-refractivity contribution in [2.45, 2.75) is 13.8 Å². The van der Waals surface area contributed by atoms with Crippen molar-refractivity contribution in [3.8, 4) is 0 Å². The molecule has 0 heterocycles. The topological polar surface area (TPSA) is 41.1 Å². The molecule has 0 aliphatic rings. The minimum atomic E-state index is -0.327. The van der Waals surface area contributed by atoms with Gasteiger partial charge in [0.15, 0.2) is 0 Å². The maximum Gasteiger partial charge on any atom is 0.243 e. The van der Waals surface area contributed by atoms with E-state index in [0.717, 1.165) is 21.3 Å². The number of hydrogen-bond acceptors (Lipinski definition) is 2. The Hall–Kier alpha value is -1.88. The van der Waals surface area contributed by atoms with Crippen molar-refractivity contribution < 1.29 is 9.18 Å². The van der Waals surface area contributed by atoms with E-state index in [4.69, 9.17) is 0 Å². The molecule has 0 spiro atoms. The summed E-state index contributed by atoms with van der Waals surface area (Å²) < 4.78 is 13.8. The third kappa shape index (κ3) is 4.29. The number of carbonyl (C=O) groups excluding carboxylic acids is 1. The molecule has 0 unspecified atom stereocenters. The largest absolute Gasteiger partial charge is 0.376 e. The Morgan fingerprint density at radius 2 is 1.71 bits per heavy atom. The standard InChI is InChI=1S/C16H16BrFN2O/c1-10-7-12(17)8-11(2)16(10)19-9-15(21)20-14-5-3-13(18)4-6-14/h3-8,19H,9H2,1-2H3,(H,20,21). The second-order valence-corrected chi connectivity index (χ2v) is 5.74. The summed E-state index contributed by atoms with van der Waals surface area (Å²) in [6, 6.07) is 9.67. The minimum Gasteiger partial charge on any atom is -0.376 e. The molecule has 0 aliphatic carbocycles. The molecule has 5 heteroatoms. The first-order chi connectivity index (χ1) is 9.95. The molecule has 0 aromatic heterocycles. The normalized spacial score (nSPS) is 10.3. The summed E-state index contributed by atoms with van der Waals surface area (Å²) in [4.78, 5) is 11.9. The summed E-state index contributed by atoms with van der Waals surface area (Å²) in [6.45, 7) is 4.12. The second kappa shape index (κ2) is 6.72. The third-order valence-corrected chi connectivity index (χ3v) is 3.51. The molecule has 0 fully saturated rings. The molecule has 110 valence electrons. The highest BCUT2D eigenvalue weighted by Crippen LogP contribution is 2.24. The van der Waals surface area contributed by atoms with Gasteiger partial charge in [0.2, 0.25) is 5.91 Å². The van der Waals surface area contributed by atoms with Crippen molar-refractivity contribution in [2.24, 2.45) is 0 Å². The van der Waals surface area contributed by atoms with Crippen LogP contribution in [0, 0.1) is 19.7 Å². The summed E-state index contributed by atoms with van der Waals surface area (Å²) in [5, 5.41) is 5.85. The summed E-state index contributed by atoms with van der Waals surface area (Å²) >= 11 is 3.44. The fourth-order valence-electron chi connectivity index (χ4n) is 2.10. The summed E-state index contributed by atoms with van der Waals surface area (Å²) in [5.74, 6) is -0.504. The Morgan fingerprint density at radius 3 is 2.29 bits per heavy atom. The highest BCUT2D eigenvalue weighted by Gasteiger charge is 2.07. The van der Waals surface area contributed by atoms with Crippen LogP contribution in [0.5, 0.6) is 0 Å². The lowest BCUT2D eigenvalue weighted by molar-refractivity contribution is -0.114. The Kier molecular flexibility index (Phi) is 4.96. The van der Waals surface area contributed by atoms with Crippen LogP contribution in [0.4, 0.5) is 15.8 Å². The molecule has 2 aromatic carbocycles. The first-order valence-electron chi connectivity index (χ1n) is 6.52. The third-order valence-electron chi connectivity index (χ3n) is 3.05. The Morgan fingerprint density at radius 1 is 1.14 bits per heavy atom. The van der Waals surface area contributed by atoms with Crippen LogP contribution in [0.2, 0.25) is 0 Å². The number of nitrogens with one attached hydrogen (secondary N) is 2. The van der Waals surface area contributed by atoms with Gasteiger partial charge in [0.25, 0.3) is 0 Å². The predicted octanol–water partition coefficient (Wildman–Crippen LogP) is 4.26. The van der Waals surface area contributed by atoms with E-state index in [9.17, 15) is 9.18 Å². The lowest BCUT2D eigenvalue weighted by Gasteiger charge is -2.13. The molecule has 2 rings (SSSR count). The quantitative estimate of drug-likeness (QED) is 0.864. The van der Waals surface area contributed by atoms with E-state index in [0.29, 0.717) is 5.69 Å². The number of carbonyl (C=O) groups is 1. The zero-order chi connectivity index (χ0) is 15.4. The van der Waals surface area contributed by atoms with Crippen LogP contribution in [0.15, 0.2) is 40.9 Å². The minimum absolute atomic E-state index is 0.153. The first-order valence-corrected chi connectivity index (χ1v) is 7.31. The van der Waals surface area contributed by atoms with Gasteiger partial charge < -0.3 is 10.6 Å². The maximum atomic E-state index is 12.8. The van der Waals surface area contributed by atoms with Gasteiger partial charge in [-0.15, -0.1) is 0 Å². The monoisotopic (exact) mass is 350 g/mol. The van der Waals surface area contributed by atoms with Gasteiger partial charge >= 0.3 is 0 Å². The van der Waals surface area contributed by atoms with Crippen molar-refractivity contribution in [1.29, 1.82) is 0 Å². The molecule has 2 aromatic rings. The van der Waals surface area contributed by atoms with Gasteiger partial charge in [0, 0.05) is 15.8 Å². The number of halogens is 2. The van der Waals surface area contributed by atoms with Gasteiger partial charge in [-0.2, -0.15) is 0 Å². The summed E-state index contributed by atoms with van der Waals surface area (Å²) in [7, 11) is 0. The van der Waals surface area contributed by atoms with Gasteiger partial charge in [-0.25, -0.2) is 4.39 Å². The van der Waals surface area contributed by atoms with Crippen LogP contribution in [-0.2, 0) is 4.79 Å². The molecular formula is C16H16BrFN2O. The van der Waals surface area contributed by atoms with E-state index in [1.165, 1.54) is 24.3 Å². The average Bonchev–Trinajstić information content (AvgIpc) is 2.40. The molecule has 0 radical (unpaired) electrons. The van der Waals surface area contributed by atoms with Crippen LogP contribution in [0.1, 0.15) is 11.1 Å². The van der Waals surface area contributed by atoms with E-state index >= 15 is 0 Å². The Bertz CT molecular complexity index is 633. The Labute approximate surface area is 131 Å². The molecule has 0 atom stereocenters. The number of benzene rings is 2. The van der Waals surface area contributed by atoms with Gasteiger partial charge in [0.05, 0.1) is 6.54 Å².